The molecule has 22 heavy (non-hydrogen) atoms. The van der Waals surface area contributed by atoms with Gasteiger partial charge in [0.05, 0.1) is 15.5 Å². The number of benzene rings is 2. The molecule has 8 heteroatoms. The second-order valence-corrected chi connectivity index (χ2v) is 5.70. The van der Waals surface area contributed by atoms with Gasteiger partial charge in [-0.15, -0.1) is 0 Å². The summed E-state index contributed by atoms with van der Waals surface area (Å²) in [6, 6.07) is 8.44. The maximum atomic E-state index is 12.1. The van der Waals surface area contributed by atoms with Gasteiger partial charge in [-0.3, -0.25) is 14.9 Å². The minimum atomic E-state index is -0.573. The van der Waals surface area contributed by atoms with Crippen molar-refractivity contribution in [1.29, 1.82) is 0 Å². The predicted molar refractivity (Wildman–Crippen MR) is 85.1 cm³/mol. The van der Waals surface area contributed by atoms with Crippen molar-refractivity contribution in [2.75, 3.05) is 0 Å². The molecular weight excluding hydrogens is 376 g/mol. The predicted octanol–water partition coefficient (Wildman–Crippen LogP) is 3.65. The van der Waals surface area contributed by atoms with Gasteiger partial charge in [0.15, 0.2) is 0 Å². The number of aromatic hydroxyl groups is 1. The molecule has 2 aromatic carbocycles. The van der Waals surface area contributed by atoms with Gasteiger partial charge in [0.25, 0.3) is 11.6 Å². The first-order valence-corrected chi connectivity index (χ1v) is 7.25. The van der Waals surface area contributed by atoms with Gasteiger partial charge in [-0.2, -0.15) is 0 Å². The Morgan fingerprint density at radius 1 is 1.32 bits per heavy atom. The first kappa shape index (κ1) is 16.3. The van der Waals surface area contributed by atoms with E-state index in [4.69, 9.17) is 11.6 Å². The van der Waals surface area contributed by atoms with Crippen molar-refractivity contribution < 1.29 is 14.8 Å². The summed E-state index contributed by atoms with van der Waals surface area (Å²) in [6.45, 7) is -0.0603. The van der Waals surface area contributed by atoms with Crippen LogP contribution in [0.1, 0.15) is 15.9 Å². The molecule has 6 nitrogen and oxygen atoms in total. The van der Waals surface area contributed by atoms with E-state index in [0.29, 0.717) is 4.47 Å². The maximum Gasteiger partial charge on any atom is 0.270 e. The Hall–Kier alpha value is -2.12. The van der Waals surface area contributed by atoms with Gasteiger partial charge < -0.3 is 10.4 Å². The number of phenols is 1. The quantitative estimate of drug-likeness (QED) is 0.621. The zero-order valence-corrected chi connectivity index (χ0v) is 13.4. The van der Waals surface area contributed by atoms with E-state index >= 15 is 0 Å². The Balaban J connectivity index is 2.16. The first-order chi connectivity index (χ1) is 10.4. The molecule has 0 unspecified atom stereocenters. The lowest BCUT2D eigenvalue weighted by molar-refractivity contribution is -0.384. The summed E-state index contributed by atoms with van der Waals surface area (Å²) in [5, 5.41) is 23.3. The van der Waals surface area contributed by atoms with Crippen LogP contribution in [0.15, 0.2) is 40.9 Å². The Morgan fingerprint density at radius 2 is 2.05 bits per heavy atom. The van der Waals surface area contributed by atoms with E-state index in [9.17, 15) is 20.0 Å². The maximum absolute atomic E-state index is 12.1. The van der Waals surface area contributed by atoms with Gasteiger partial charge in [0.1, 0.15) is 5.75 Å². The summed E-state index contributed by atoms with van der Waals surface area (Å²) in [5.41, 5.74) is 0.345. The molecule has 0 fully saturated rings. The van der Waals surface area contributed by atoms with Gasteiger partial charge >= 0.3 is 0 Å². The van der Waals surface area contributed by atoms with Gasteiger partial charge in [-0.25, -0.2) is 0 Å². The zero-order chi connectivity index (χ0) is 16.3. The number of rotatable bonds is 4. The minimum Gasteiger partial charge on any atom is -0.508 e. The molecule has 0 aliphatic heterocycles. The number of nitrogens with zero attached hydrogens (tertiary/aromatic N) is 1. The summed E-state index contributed by atoms with van der Waals surface area (Å²) in [5.74, 6) is -0.580. The van der Waals surface area contributed by atoms with Crippen molar-refractivity contribution in [1.82, 2.24) is 5.32 Å². The lowest BCUT2D eigenvalue weighted by atomic mass is 10.1. The minimum absolute atomic E-state index is 0.0603. The van der Waals surface area contributed by atoms with Crippen molar-refractivity contribution in [3.8, 4) is 5.75 Å². The van der Waals surface area contributed by atoms with Crippen LogP contribution in [-0.2, 0) is 6.54 Å². The summed E-state index contributed by atoms with van der Waals surface area (Å²) in [7, 11) is 0. The molecular formula is C14H10BrClN2O4. The van der Waals surface area contributed by atoms with Crippen molar-refractivity contribution in [2.24, 2.45) is 0 Å². The highest BCUT2D eigenvalue weighted by Crippen LogP contribution is 2.24. The SMILES string of the molecule is O=C(NCc1cc([N+](=O)[O-])ccc1O)c1cc(Br)ccc1Cl. The van der Waals surface area contributed by atoms with E-state index in [0.717, 1.165) is 0 Å². The molecule has 0 saturated carbocycles. The number of carbonyl (C=O) groups is 1. The Labute approximate surface area is 139 Å². The Morgan fingerprint density at radius 3 is 2.73 bits per heavy atom. The van der Waals surface area contributed by atoms with Crippen molar-refractivity contribution in [3.63, 3.8) is 0 Å². The summed E-state index contributed by atoms with van der Waals surface area (Å²) < 4.78 is 0.695. The highest BCUT2D eigenvalue weighted by molar-refractivity contribution is 9.10. The second-order valence-electron chi connectivity index (χ2n) is 4.38. The van der Waals surface area contributed by atoms with Crippen LogP contribution >= 0.6 is 27.5 Å². The highest BCUT2D eigenvalue weighted by Gasteiger charge is 2.14. The van der Waals surface area contributed by atoms with Crippen molar-refractivity contribution >= 4 is 39.1 Å². The summed E-state index contributed by atoms with van der Waals surface area (Å²) in [4.78, 5) is 22.2. The number of phenolic OH excluding ortho intramolecular Hbond substituents is 1. The van der Waals surface area contributed by atoms with E-state index in [-0.39, 0.29) is 34.1 Å². The van der Waals surface area contributed by atoms with Crippen LogP contribution in [0.2, 0.25) is 5.02 Å². The van der Waals surface area contributed by atoms with Crippen molar-refractivity contribution in [2.45, 2.75) is 6.54 Å². The Kier molecular flexibility index (Phi) is 4.99. The molecule has 0 spiro atoms. The normalized spacial score (nSPS) is 10.3. The van der Waals surface area contributed by atoms with E-state index < -0.39 is 10.8 Å². The molecule has 0 saturated heterocycles. The van der Waals surface area contributed by atoms with Crippen LogP contribution in [0.25, 0.3) is 0 Å². The van der Waals surface area contributed by atoms with Crippen LogP contribution in [-0.4, -0.2) is 15.9 Å². The molecule has 0 radical (unpaired) electrons. The number of hydrogen-bond acceptors (Lipinski definition) is 4. The molecule has 114 valence electrons. The third kappa shape index (κ3) is 3.75. The number of nitro groups is 1. The topological polar surface area (TPSA) is 92.5 Å². The lowest BCUT2D eigenvalue weighted by Crippen LogP contribution is -2.23. The molecule has 2 rings (SSSR count). The van der Waals surface area contributed by atoms with Crippen LogP contribution in [0.5, 0.6) is 5.75 Å². The number of nitrogens with one attached hydrogen (secondary N) is 1. The van der Waals surface area contributed by atoms with E-state index in [1.165, 1.54) is 18.2 Å². The van der Waals surface area contributed by atoms with E-state index in [1.54, 1.807) is 18.2 Å². The standard InChI is InChI=1S/C14H10BrClN2O4/c15-9-1-3-12(16)11(6-9)14(20)17-7-8-5-10(18(21)22)2-4-13(8)19/h1-6,19H,7H2,(H,17,20). The lowest BCUT2D eigenvalue weighted by Gasteiger charge is -2.08. The van der Waals surface area contributed by atoms with Gasteiger partial charge in [0, 0.05) is 28.7 Å². The molecule has 0 aromatic heterocycles. The average molecular weight is 386 g/mol. The summed E-state index contributed by atoms with van der Waals surface area (Å²) in [6.07, 6.45) is 0. The third-order valence-electron chi connectivity index (χ3n) is 2.89. The largest absolute Gasteiger partial charge is 0.508 e. The molecule has 2 N–H and O–H groups in total. The highest BCUT2D eigenvalue weighted by atomic mass is 79.9. The second kappa shape index (κ2) is 6.76. The van der Waals surface area contributed by atoms with Crippen LogP contribution in [0.4, 0.5) is 5.69 Å². The fourth-order valence-corrected chi connectivity index (χ4v) is 2.33. The molecule has 2 aromatic rings. The van der Waals surface area contributed by atoms with Crippen LogP contribution in [0.3, 0.4) is 0 Å². The number of carbonyl (C=O) groups excluding carboxylic acids is 1. The number of halogens is 2. The van der Waals surface area contributed by atoms with Gasteiger partial charge in [-0.1, -0.05) is 27.5 Å². The fourth-order valence-electron chi connectivity index (χ4n) is 1.77. The molecule has 0 heterocycles. The third-order valence-corrected chi connectivity index (χ3v) is 3.71. The van der Waals surface area contributed by atoms with Gasteiger partial charge in [-0.05, 0) is 24.3 Å². The van der Waals surface area contributed by atoms with Crippen molar-refractivity contribution in [3.05, 3.63) is 67.1 Å². The average Bonchev–Trinajstić information content (AvgIpc) is 2.48. The molecule has 1 amide bonds. The number of amides is 1. The van der Waals surface area contributed by atoms with Crippen LogP contribution in [0, 0.1) is 10.1 Å². The zero-order valence-electron chi connectivity index (χ0n) is 11.0. The first-order valence-electron chi connectivity index (χ1n) is 6.08. The number of non-ortho nitro benzene ring substituents is 1. The molecule has 0 aliphatic rings. The van der Waals surface area contributed by atoms with E-state index in [1.807, 2.05) is 0 Å². The monoisotopic (exact) mass is 384 g/mol. The number of hydrogen-bond donors (Lipinski definition) is 2. The van der Waals surface area contributed by atoms with E-state index in [2.05, 4.69) is 21.2 Å². The fraction of sp³-hybridized carbons (Fsp3) is 0.0714. The number of nitro benzene ring substituents is 1. The molecule has 0 aliphatic carbocycles. The van der Waals surface area contributed by atoms with Gasteiger partial charge in [0.2, 0.25) is 0 Å². The molecule has 0 atom stereocenters. The van der Waals surface area contributed by atoms with Crippen LogP contribution < -0.4 is 5.32 Å². The molecule has 0 bridgehead atoms. The summed E-state index contributed by atoms with van der Waals surface area (Å²) >= 11 is 9.19. The Bertz CT molecular complexity index is 752. The smallest absolute Gasteiger partial charge is 0.270 e.